The highest BCUT2D eigenvalue weighted by Gasteiger charge is 2.09. The highest BCUT2D eigenvalue weighted by Crippen LogP contribution is 2.04. The van der Waals surface area contributed by atoms with Crippen molar-refractivity contribution in [1.29, 1.82) is 0 Å². The molecular weight excluding hydrogens is 212 g/mol. The molecule has 0 aliphatic carbocycles. The second kappa shape index (κ2) is 6.40. The number of hydrogen-bond acceptors (Lipinski definition) is 2. The van der Waals surface area contributed by atoms with Gasteiger partial charge in [-0.3, -0.25) is 4.79 Å². The minimum absolute atomic E-state index is 0.0245. The lowest BCUT2D eigenvalue weighted by atomic mass is 10.1. The van der Waals surface area contributed by atoms with Gasteiger partial charge in [-0.15, -0.1) is 0 Å². The van der Waals surface area contributed by atoms with Gasteiger partial charge in [-0.2, -0.15) is 0 Å². The molecule has 94 valence electrons. The first-order chi connectivity index (χ1) is 7.99. The Morgan fingerprint density at radius 3 is 2.71 bits per heavy atom. The Kier molecular flexibility index (Phi) is 5.16. The molecule has 0 saturated heterocycles. The number of rotatable bonds is 5. The Hall–Kier alpha value is -1.35. The zero-order chi connectivity index (χ0) is 12.8. The zero-order valence-electron chi connectivity index (χ0n) is 10.9. The summed E-state index contributed by atoms with van der Waals surface area (Å²) in [5.41, 5.74) is 8.08. The maximum absolute atomic E-state index is 11.7. The van der Waals surface area contributed by atoms with Crippen LogP contribution in [0.4, 0.5) is 0 Å². The van der Waals surface area contributed by atoms with Crippen molar-refractivity contribution in [2.24, 2.45) is 11.7 Å². The number of aryl methyl sites for hydroxylation is 1. The maximum atomic E-state index is 11.7. The van der Waals surface area contributed by atoms with Crippen LogP contribution >= 0.6 is 0 Å². The van der Waals surface area contributed by atoms with Crippen LogP contribution in [-0.4, -0.2) is 18.5 Å². The van der Waals surface area contributed by atoms with Crippen molar-refractivity contribution in [1.82, 2.24) is 5.32 Å². The lowest BCUT2D eigenvalue weighted by Gasteiger charge is -2.16. The molecule has 1 unspecified atom stereocenters. The maximum Gasteiger partial charge on any atom is 0.224 e. The molecule has 1 aromatic carbocycles. The fraction of sp³-hybridized carbons (Fsp3) is 0.500. The summed E-state index contributed by atoms with van der Waals surface area (Å²) in [6, 6.07) is 8.02. The molecule has 0 heterocycles. The molecule has 0 aliphatic heterocycles. The highest BCUT2D eigenvalue weighted by atomic mass is 16.1. The fourth-order valence-electron chi connectivity index (χ4n) is 1.54. The van der Waals surface area contributed by atoms with E-state index in [-0.39, 0.29) is 11.9 Å². The van der Waals surface area contributed by atoms with E-state index in [2.05, 4.69) is 19.2 Å². The van der Waals surface area contributed by atoms with Crippen LogP contribution in [0.5, 0.6) is 0 Å². The summed E-state index contributed by atoms with van der Waals surface area (Å²) < 4.78 is 0. The molecule has 0 aliphatic rings. The summed E-state index contributed by atoms with van der Waals surface area (Å²) in [5, 5.41) is 2.87. The Labute approximate surface area is 103 Å². The van der Waals surface area contributed by atoms with Gasteiger partial charge in [0.1, 0.15) is 0 Å². The van der Waals surface area contributed by atoms with Crippen LogP contribution < -0.4 is 11.1 Å². The molecule has 1 atom stereocenters. The van der Waals surface area contributed by atoms with Gasteiger partial charge in [-0.25, -0.2) is 0 Å². The summed E-state index contributed by atoms with van der Waals surface area (Å²) in [4.78, 5) is 11.7. The second-order valence-electron chi connectivity index (χ2n) is 4.88. The van der Waals surface area contributed by atoms with Crippen molar-refractivity contribution in [3.8, 4) is 0 Å². The Bertz CT molecular complexity index is 374. The topological polar surface area (TPSA) is 55.1 Å². The van der Waals surface area contributed by atoms with E-state index >= 15 is 0 Å². The van der Waals surface area contributed by atoms with Crippen LogP contribution in [0.1, 0.15) is 25.0 Å². The predicted octanol–water partition coefficient (Wildman–Crippen LogP) is 1.64. The van der Waals surface area contributed by atoms with Crippen LogP contribution in [0, 0.1) is 12.8 Å². The van der Waals surface area contributed by atoms with Crippen LogP contribution in [-0.2, 0) is 11.2 Å². The number of carbonyl (C=O) groups excluding carboxylic acids is 1. The average Bonchev–Trinajstić information content (AvgIpc) is 2.25. The van der Waals surface area contributed by atoms with Crippen LogP contribution in [0.25, 0.3) is 0 Å². The van der Waals surface area contributed by atoms with Crippen molar-refractivity contribution < 1.29 is 4.79 Å². The van der Waals surface area contributed by atoms with Crippen molar-refractivity contribution in [2.75, 3.05) is 6.54 Å². The van der Waals surface area contributed by atoms with E-state index < -0.39 is 0 Å². The van der Waals surface area contributed by atoms with E-state index in [1.54, 1.807) is 0 Å². The van der Waals surface area contributed by atoms with Crippen molar-refractivity contribution in [3.63, 3.8) is 0 Å². The molecule has 0 radical (unpaired) electrons. The minimum atomic E-state index is 0.0245. The lowest BCUT2D eigenvalue weighted by Crippen LogP contribution is -2.40. The summed E-state index contributed by atoms with van der Waals surface area (Å²) in [7, 11) is 0. The van der Waals surface area contributed by atoms with E-state index in [1.165, 1.54) is 5.56 Å². The zero-order valence-corrected chi connectivity index (χ0v) is 10.9. The first-order valence-electron chi connectivity index (χ1n) is 6.07. The van der Waals surface area contributed by atoms with Gasteiger partial charge in [0.25, 0.3) is 0 Å². The van der Waals surface area contributed by atoms with Gasteiger partial charge >= 0.3 is 0 Å². The molecule has 0 saturated carbocycles. The third kappa shape index (κ3) is 5.00. The standard InChI is InChI=1S/C14H22N2O/c1-10(2)13(15)9-16-14(17)8-12-6-4-5-11(3)7-12/h4-7,10,13H,8-9,15H2,1-3H3,(H,16,17). The molecule has 3 N–H and O–H groups in total. The first kappa shape index (κ1) is 13.7. The second-order valence-corrected chi connectivity index (χ2v) is 4.88. The van der Waals surface area contributed by atoms with Gasteiger partial charge in [0.15, 0.2) is 0 Å². The van der Waals surface area contributed by atoms with Gasteiger partial charge in [-0.05, 0) is 18.4 Å². The smallest absolute Gasteiger partial charge is 0.224 e. The summed E-state index contributed by atoms with van der Waals surface area (Å²) in [6.07, 6.45) is 0.423. The summed E-state index contributed by atoms with van der Waals surface area (Å²) in [5.74, 6) is 0.418. The van der Waals surface area contributed by atoms with E-state index in [9.17, 15) is 4.79 Å². The van der Waals surface area contributed by atoms with Gasteiger partial charge in [0.05, 0.1) is 6.42 Å². The van der Waals surface area contributed by atoms with Crippen molar-refractivity contribution >= 4 is 5.91 Å². The number of nitrogens with two attached hydrogens (primary N) is 1. The third-order valence-corrected chi connectivity index (χ3v) is 2.84. The van der Waals surface area contributed by atoms with Gasteiger partial charge < -0.3 is 11.1 Å². The monoisotopic (exact) mass is 234 g/mol. The molecule has 0 bridgehead atoms. The number of hydrogen-bond donors (Lipinski definition) is 2. The highest BCUT2D eigenvalue weighted by molar-refractivity contribution is 5.78. The molecule has 1 aromatic rings. The van der Waals surface area contributed by atoms with Crippen LogP contribution in [0.3, 0.4) is 0 Å². The Morgan fingerprint density at radius 1 is 1.41 bits per heavy atom. The minimum Gasteiger partial charge on any atom is -0.354 e. The quantitative estimate of drug-likeness (QED) is 0.813. The normalized spacial score (nSPS) is 12.5. The summed E-state index contributed by atoms with van der Waals surface area (Å²) in [6.45, 7) is 6.67. The number of amides is 1. The lowest BCUT2D eigenvalue weighted by molar-refractivity contribution is -0.120. The molecule has 0 fully saturated rings. The SMILES string of the molecule is Cc1cccc(CC(=O)NCC(N)C(C)C)c1. The van der Waals surface area contributed by atoms with E-state index in [0.29, 0.717) is 18.9 Å². The Balaban J connectivity index is 2.40. The molecule has 3 heteroatoms. The first-order valence-corrected chi connectivity index (χ1v) is 6.07. The Morgan fingerprint density at radius 2 is 2.12 bits per heavy atom. The van der Waals surface area contributed by atoms with E-state index in [0.717, 1.165) is 5.56 Å². The number of benzene rings is 1. The molecule has 0 spiro atoms. The molecule has 1 amide bonds. The van der Waals surface area contributed by atoms with Gasteiger partial charge in [0, 0.05) is 12.6 Å². The fourth-order valence-corrected chi connectivity index (χ4v) is 1.54. The van der Waals surface area contributed by atoms with Gasteiger partial charge in [-0.1, -0.05) is 43.7 Å². The average molecular weight is 234 g/mol. The summed E-state index contributed by atoms with van der Waals surface area (Å²) >= 11 is 0. The molecule has 17 heavy (non-hydrogen) atoms. The molecule has 0 aromatic heterocycles. The third-order valence-electron chi connectivity index (χ3n) is 2.84. The van der Waals surface area contributed by atoms with Crippen LogP contribution in [0.15, 0.2) is 24.3 Å². The number of carbonyl (C=O) groups is 1. The largest absolute Gasteiger partial charge is 0.354 e. The van der Waals surface area contributed by atoms with Crippen LogP contribution in [0.2, 0.25) is 0 Å². The number of nitrogens with one attached hydrogen (secondary N) is 1. The molecule has 1 rings (SSSR count). The molecule has 3 nitrogen and oxygen atoms in total. The van der Waals surface area contributed by atoms with Gasteiger partial charge in [0.2, 0.25) is 5.91 Å². The molecular formula is C14H22N2O. The predicted molar refractivity (Wildman–Crippen MR) is 70.7 cm³/mol. The van der Waals surface area contributed by atoms with E-state index in [1.807, 2.05) is 31.2 Å². The van der Waals surface area contributed by atoms with E-state index in [4.69, 9.17) is 5.73 Å². The van der Waals surface area contributed by atoms with Crippen molar-refractivity contribution in [2.45, 2.75) is 33.2 Å². The van der Waals surface area contributed by atoms with Crippen molar-refractivity contribution in [3.05, 3.63) is 35.4 Å².